The highest BCUT2D eigenvalue weighted by Gasteiger charge is 2.41. The van der Waals surface area contributed by atoms with Gasteiger partial charge in [0.2, 0.25) is 5.91 Å². The monoisotopic (exact) mass is 300 g/mol. The molecular weight excluding hydrogens is 268 g/mol. The smallest absolute Gasteiger partial charge is 0.237 e. The molecule has 5 heteroatoms. The van der Waals surface area contributed by atoms with Gasteiger partial charge in [-0.2, -0.15) is 0 Å². The molecule has 0 aromatic carbocycles. The van der Waals surface area contributed by atoms with Crippen LogP contribution in [0.2, 0.25) is 0 Å². The Balaban J connectivity index is 2.41. The summed E-state index contributed by atoms with van der Waals surface area (Å²) >= 11 is 0. The molecule has 1 fully saturated rings. The molecule has 1 rings (SSSR count). The molecule has 1 aliphatic rings. The van der Waals surface area contributed by atoms with E-state index >= 15 is 0 Å². The summed E-state index contributed by atoms with van der Waals surface area (Å²) in [5.74, 6) is 0.276. The van der Waals surface area contributed by atoms with Crippen LogP contribution in [0.3, 0.4) is 0 Å². The van der Waals surface area contributed by atoms with Crippen molar-refractivity contribution in [3.8, 4) is 0 Å². The zero-order valence-corrected chi connectivity index (χ0v) is 14.0. The van der Waals surface area contributed by atoms with Crippen LogP contribution in [0.15, 0.2) is 0 Å². The quantitative estimate of drug-likeness (QED) is 0.637. The van der Waals surface area contributed by atoms with Crippen LogP contribution in [0.5, 0.6) is 0 Å². The first kappa shape index (κ1) is 18.4. The number of hydrogen-bond donors (Lipinski definition) is 2. The Labute approximate surface area is 128 Å². The lowest BCUT2D eigenvalue weighted by Gasteiger charge is -2.40. The number of ether oxygens (including phenoxy) is 2. The van der Waals surface area contributed by atoms with Crippen LogP contribution in [0.1, 0.15) is 53.4 Å². The number of primary amides is 1. The number of carbonyl (C=O) groups is 1. The highest BCUT2D eigenvalue weighted by atomic mass is 16.5. The average Bonchev–Trinajstić information content (AvgIpc) is 2.37. The van der Waals surface area contributed by atoms with Crippen LogP contribution in [0.4, 0.5) is 0 Å². The SMILES string of the molecule is CC(C)COCCOC1CCCC(NC(C)C)(C(N)=O)C1. The molecule has 21 heavy (non-hydrogen) atoms. The maximum atomic E-state index is 11.9. The van der Waals surface area contributed by atoms with E-state index in [0.717, 1.165) is 25.9 Å². The normalized spacial score (nSPS) is 26.5. The lowest BCUT2D eigenvalue weighted by molar-refractivity contribution is -0.129. The van der Waals surface area contributed by atoms with Crippen molar-refractivity contribution in [2.75, 3.05) is 19.8 Å². The zero-order chi connectivity index (χ0) is 15.9. The summed E-state index contributed by atoms with van der Waals surface area (Å²) in [4.78, 5) is 11.9. The Bertz CT molecular complexity index is 321. The molecule has 0 saturated heterocycles. The summed E-state index contributed by atoms with van der Waals surface area (Å²) in [5.41, 5.74) is 5.03. The number of hydrogen-bond acceptors (Lipinski definition) is 4. The zero-order valence-electron chi connectivity index (χ0n) is 14.0. The summed E-state index contributed by atoms with van der Waals surface area (Å²) in [6.07, 6.45) is 3.48. The van der Waals surface area contributed by atoms with E-state index in [0.29, 0.717) is 25.6 Å². The summed E-state index contributed by atoms with van der Waals surface area (Å²) in [7, 11) is 0. The van der Waals surface area contributed by atoms with Crippen LogP contribution in [0.25, 0.3) is 0 Å². The van der Waals surface area contributed by atoms with Gasteiger partial charge in [0.1, 0.15) is 5.54 Å². The lowest BCUT2D eigenvalue weighted by atomic mass is 9.79. The molecular formula is C16H32N2O3. The van der Waals surface area contributed by atoms with Crippen LogP contribution >= 0.6 is 0 Å². The van der Waals surface area contributed by atoms with Crippen molar-refractivity contribution in [2.45, 2.75) is 71.1 Å². The number of amides is 1. The van der Waals surface area contributed by atoms with Gasteiger partial charge in [-0.25, -0.2) is 0 Å². The van der Waals surface area contributed by atoms with Gasteiger partial charge in [-0.15, -0.1) is 0 Å². The molecule has 3 N–H and O–H groups in total. The van der Waals surface area contributed by atoms with Gasteiger partial charge in [0, 0.05) is 19.1 Å². The van der Waals surface area contributed by atoms with Gasteiger partial charge < -0.3 is 20.5 Å². The van der Waals surface area contributed by atoms with Crippen LogP contribution < -0.4 is 11.1 Å². The summed E-state index contributed by atoms with van der Waals surface area (Å²) in [6.45, 7) is 10.3. The standard InChI is InChI=1S/C16H32N2O3/c1-12(2)11-20-8-9-21-14-6-5-7-16(10-14,15(17)19)18-13(3)4/h12-14,18H,5-11H2,1-4H3,(H2,17,19). The van der Waals surface area contributed by atoms with E-state index in [9.17, 15) is 4.79 Å². The fourth-order valence-corrected chi connectivity index (χ4v) is 2.94. The van der Waals surface area contributed by atoms with E-state index < -0.39 is 5.54 Å². The van der Waals surface area contributed by atoms with Gasteiger partial charge in [0.05, 0.1) is 19.3 Å². The Morgan fingerprint density at radius 3 is 2.62 bits per heavy atom. The van der Waals surface area contributed by atoms with Gasteiger partial charge in [-0.05, 0) is 39.0 Å². The second-order valence-electron chi connectivity index (χ2n) is 6.80. The van der Waals surface area contributed by atoms with Crippen molar-refractivity contribution in [2.24, 2.45) is 11.7 Å². The van der Waals surface area contributed by atoms with Crippen LogP contribution in [-0.2, 0) is 14.3 Å². The van der Waals surface area contributed by atoms with Gasteiger partial charge in [0.25, 0.3) is 0 Å². The second-order valence-corrected chi connectivity index (χ2v) is 6.80. The number of carbonyl (C=O) groups excluding carboxylic acids is 1. The molecule has 0 radical (unpaired) electrons. The Hall–Kier alpha value is -0.650. The highest BCUT2D eigenvalue weighted by molar-refractivity contribution is 5.84. The van der Waals surface area contributed by atoms with Gasteiger partial charge >= 0.3 is 0 Å². The largest absolute Gasteiger partial charge is 0.379 e. The van der Waals surface area contributed by atoms with Crippen molar-refractivity contribution in [3.63, 3.8) is 0 Å². The summed E-state index contributed by atoms with van der Waals surface area (Å²) < 4.78 is 11.4. The minimum Gasteiger partial charge on any atom is -0.379 e. The maximum Gasteiger partial charge on any atom is 0.237 e. The van der Waals surface area contributed by atoms with Crippen molar-refractivity contribution in [3.05, 3.63) is 0 Å². The summed E-state index contributed by atoms with van der Waals surface area (Å²) in [6, 6.07) is 0.227. The third-order valence-electron chi connectivity index (χ3n) is 3.77. The molecule has 2 unspecified atom stereocenters. The third-order valence-corrected chi connectivity index (χ3v) is 3.77. The molecule has 0 aliphatic heterocycles. The van der Waals surface area contributed by atoms with E-state index in [4.69, 9.17) is 15.2 Å². The van der Waals surface area contributed by atoms with Crippen molar-refractivity contribution < 1.29 is 14.3 Å². The molecule has 0 bridgehead atoms. The molecule has 1 aliphatic carbocycles. The molecule has 0 aromatic heterocycles. The molecule has 124 valence electrons. The van der Waals surface area contributed by atoms with Gasteiger partial charge in [-0.3, -0.25) is 4.79 Å². The first-order valence-corrected chi connectivity index (χ1v) is 8.12. The topological polar surface area (TPSA) is 73.6 Å². The predicted molar refractivity (Wildman–Crippen MR) is 84.1 cm³/mol. The van der Waals surface area contributed by atoms with Crippen molar-refractivity contribution >= 4 is 5.91 Å². The predicted octanol–water partition coefficient (Wildman–Crippen LogP) is 1.84. The molecule has 0 spiro atoms. The van der Waals surface area contributed by atoms with E-state index in [2.05, 4.69) is 19.2 Å². The number of rotatable bonds is 9. The highest BCUT2D eigenvalue weighted by Crippen LogP contribution is 2.30. The van der Waals surface area contributed by atoms with Crippen molar-refractivity contribution in [1.29, 1.82) is 0 Å². The Morgan fingerprint density at radius 2 is 2.05 bits per heavy atom. The fraction of sp³-hybridized carbons (Fsp3) is 0.938. The van der Waals surface area contributed by atoms with Crippen molar-refractivity contribution in [1.82, 2.24) is 5.32 Å². The van der Waals surface area contributed by atoms with Crippen LogP contribution in [-0.4, -0.2) is 43.4 Å². The van der Waals surface area contributed by atoms with Crippen LogP contribution in [0, 0.1) is 5.92 Å². The first-order chi connectivity index (χ1) is 9.85. The second kappa shape index (κ2) is 8.71. The maximum absolute atomic E-state index is 11.9. The minimum absolute atomic E-state index is 0.0835. The lowest BCUT2D eigenvalue weighted by Crippen LogP contribution is -2.60. The first-order valence-electron chi connectivity index (χ1n) is 8.12. The molecule has 2 atom stereocenters. The van der Waals surface area contributed by atoms with E-state index in [1.54, 1.807) is 0 Å². The Kier molecular flexibility index (Phi) is 7.63. The molecule has 1 saturated carbocycles. The molecule has 5 nitrogen and oxygen atoms in total. The minimum atomic E-state index is -0.615. The van der Waals surface area contributed by atoms with Gasteiger partial charge in [-0.1, -0.05) is 13.8 Å². The Morgan fingerprint density at radius 1 is 1.33 bits per heavy atom. The molecule has 0 heterocycles. The molecule has 1 amide bonds. The van der Waals surface area contributed by atoms with E-state index in [1.807, 2.05) is 13.8 Å². The average molecular weight is 300 g/mol. The number of nitrogens with one attached hydrogen (secondary N) is 1. The summed E-state index contributed by atoms with van der Waals surface area (Å²) in [5, 5.41) is 3.36. The fourth-order valence-electron chi connectivity index (χ4n) is 2.94. The third kappa shape index (κ3) is 6.32. The molecule has 0 aromatic rings. The van der Waals surface area contributed by atoms with E-state index in [1.165, 1.54) is 0 Å². The number of nitrogens with two attached hydrogens (primary N) is 1. The van der Waals surface area contributed by atoms with E-state index in [-0.39, 0.29) is 18.1 Å². The van der Waals surface area contributed by atoms with Gasteiger partial charge in [0.15, 0.2) is 0 Å².